The van der Waals surface area contributed by atoms with E-state index in [-0.39, 0.29) is 5.97 Å². The second-order valence-corrected chi connectivity index (χ2v) is 6.35. The largest absolute Gasteiger partial charge is 0.465 e. The summed E-state index contributed by atoms with van der Waals surface area (Å²) >= 11 is 0. The molecule has 0 unspecified atom stereocenters. The molecule has 1 aliphatic rings. The van der Waals surface area contributed by atoms with E-state index in [0.29, 0.717) is 25.3 Å². The van der Waals surface area contributed by atoms with Crippen LogP contribution in [0.1, 0.15) is 28.4 Å². The fraction of sp³-hybridized carbons (Fsp3) is 0.381. The molecule has 0 amide bonds. The Kier molecular flexibility index (Phi) is 6.12. The highest BCUT2D eigenvalue weighted by Crippen LogP contribution is 2.26. The molecule has 0 bridgehead atoms. The van der Waals surface area contributed by atoms with Gasteiger partial charge >= 0.3 is 5.97 Å². The minimum Gasteiger partial charge on any atom is -0.465 e. The lowest BCUT2D eigenvalue weighted by Gasteiger charge is -2.30. The quantitative estimate of drug-likeness (QED) is 0.805. The van der Waals surface area contributed by atoms with Crippen molar-refractivity contribution in [3.05, 3.63) is 59.2 Å². The number of anilines is 2. The van der Waals surface area contributed by atoms with Crippen molar-refractivity contribution in [1.29, 1.82) is 0 Å². The van der Waals surface area contributed by atoms with Crippen LogP contribution in [-0.2, 0) is 22.4 Å². The molecule has 5 heteroatoms. The van der Waals surface area contributed by atoms with Crippen molar-refractivity contribution in [3.8, 4) is 0 Å². The summed E-state index contributed by atoms with van der Waals surface area (Å²) in [6.07, 6.45) is 1.04. The molecule has 2 aromatic carbocycles. The minimum absolute atomic E-state index is 0.317. The first-order valence-electron chi connectivity index (χ1n) is 9.08. The van der Waals surface area contributed by atoms with Crippen molar-refractivity contribution in [3.63, 3.8) is 0 Å². The minimum atomic E-state index is -0.317. The average Bonchev–Trinajstić information content (AvgIpc) is 2.72. The second-order valence-electron chi connectivity index (χ2n) is 6.35. The molecule has 0 aromatic heterocycles. The van der Waals surface area contributed by atoms with Crippen LogP contribution in [0.25, 0.3) is 0 Å². The molecule has 26 heavy (non-hydrogen) atoms. The Morgan fingerprint density at radius 3 is 2.46 bits per heavy atom. The maximum absolute atomic E-state index is 12.3. The third-order valence-electron chi connectivity index (χ3n) is 4.68. The van der Waals surface area contributed by atoms with Crippen LogP contribution in [-0.4, -0.2) is 39.4 Å². The number of morpholine rings is 1. The van der Waals surface area contributed by atoms with Gasteiger partial charge in [-0.05, 0) is 35.7 Å². The van der Waals surface area contributed by atoms with Gasteiger partial charge in [-0.25, -0.2) is 4.79 Å². The van der Waals surface area contributed by atoms with Gasteiger partial charge in [0.05, 0.1) is 31.6 Å². The molecule has 2 aromatic rings. The van der Waals surface area contributed by atoms with Crippen molar-refractivity contribution >= 4 is 17.3 Å². The molecule has 1 fully saturated rings. The predicted molar refractivity (Wildman–Crippen MR) is 104 cm³/mol. The van der Waals surface area contributed by atoms with Gasteiger partial charge in [-0.15, -0.1) is 0 Å². The molecule has 138 valence electrons. The van der Waals surface area contributed by atoms with Crippen LogP contribution in [0.5, 0.6) is 0 Å². The van der Waals surface area contributed by atoms with Crippen LogP contribution in [0.2, 0.25) is 0 Å². The second kappa shape index (κ2) is 8.72. The highest BCUT2D eigenvalue weighted by molar-refractivity contribution is 5.97. The summed E-state index contributed by atoms with van der Waals surface area (Å²) in [4.78, 5) is 14.4. The highest BCUT2D eigenvalue weighted by atomic mass is 16.5. The lowest BCUT2D eigenvalue weighted by atomic mass is 10.1. The van der Waals surface area contributed by atoms with Crippen molar-refractivity contribution in [2.24, 2.45) is 0 Å². The Morgan fingerprint density at radius 2 is 1.81 bits per heavy atom. The van der Waals surface area contributed by atoms with E-state index >= 15 is 0 Å². The van der Waals surface area contributed by atoms with Crippen LogP contribution >= 0.6 is 0 Å². The van der Waals surface area contributed by atoms with Gasteiger partial charge < -0.3 is 19.7 Å². The smallest absolute Gasteiger partial charge is 0.340 e. The summed E-state index contributed by atoms with van der Waals surface area (Å²) in [5.41, 5.74) is 4.93. The van der Waals surface area contributed by atoms with Gasteiger partial charge in [-0.1, -0.05) is 31.2 Å². The topological polar surface area (TPSA) is 50.8 Å². The first kappa shape index (κ1) is 18.3. The van der Waals surface area contributed by atoms with Gasteiger partial charge in [0, 0.05) is 25.3 Å². The zero-order chi connectivity index (χ0) is 18.4. The number of nitrogens with one attached hydrogen (secondary N) is 1. The first-order chi connectivity index (χ1) is 12.7. The lowest BCUT2D eigenvalue weighted by molar-refractivity contribution is 0.0600. The van der Waals surface area contributed by atoms with E-state index in [1.54, 1.807) is 0 Å². The summed E-state index contributed by atoms with van der Waals surface area (Å²) in [7, 11) is 1.42. The number of methoxy groups -OCH3 is 1. The summed E-state index contributed by atoms with van der Waals surface area (Å²) in [6.45, 7) is 5.77. The normalized spacial score (nSPS) is 14.2. The number of esters is 1. The van der Waals surface area contributed by atoms with Gasteiger partial charge in [0.1, 0.15) is 0 Å². The average molecular weight is 354 g/mol. The lowest BCUT2D eigenvalue weighted by Crippen LogP contribution is -2.37. The van der Waals surface area contributed by atoms with Crippen LogP contribution in [0.15, 0.2) is 42.5 Å². The standard InChI is InChI=1S/C21H26N2O3/c1-3-16-4-6-17(7-5-16)15-22-18-8-9-20(19(14-18)21(24)25-2)23-10-12-26-13-11-23/h4-9,14,22H,3,10-13,15H2,1-2H3. The Hall–Kier alpha value is -2.53. The molecule has 0 aliphatic carbocycles. The summed E-state index contributed by atoms with van der Waals surface area (Å²) in [5.74, 6) is -0.317. The number of hydrogen-bond donors (Lipinski definition) is 1. The number of carbonyl (C=O) groups excluding carboxylic acids is 1. The van der Waals surface area contributed by atoms with Crippen LogP contribution in [0.4, 0.5) is 11.4 Å². The van der Waals surface area contributed by atoms with E-state index in [1.165, 1.54) is 18.2 Å². The van der Waals surface area contributed by atoms with Crippen LogP contribution < -0.4 is 10.2 Å². The third kappa shape index (κ3) is 4.35. The SMILES string of the molecule is CCc1ccc(CNc2ccc(N3CCOCC3)c(C(=O)OC)c2)cc1. The van der Waals surface area contributed by atoms with E-state index in [1.807, 2.05) is 18.2 Å². The van der Waals surface area contributed by atoms with E-state index in [0.717, 1.165) is 30.9 Å². The Bertz CT molecular complexity index is 737. The number of rotatable bonds is 6. The van der Waals surface area contributed by atoms with Gasteiger partial charge in [0.2, 0.25) is 0 Å². The van der Waals surface area contributed by atoms with Gasteiger partial charge in [-0.2, -0.15) is 0 Å². The van der Waals surface area contributed by atoms with Gasteiger partial charge in [-0.3, -0.25) is 0 Å². The zero-order valence-electron chi connectivity index (χ0n) is 15.5. The van der Waals surface area contributed by atoms with Gasteiger partial charge in [0.25, 0.3) is 0 Å². The monoisotopic (exact) mass is 354 g/mol. The Labute approximate surface area is 154 Å². The van der Waals surface area contributed by atoms with E-state index in [4.69, 9.17) is 9.47 Å². The molecule has 1 aliphatic heterocycles. The number of ether oxygens (including phenoxy) is 2. The van der Waals surface area contributed by atoms with Crippen LogP contribution in [0, 0.1) is 0 Å². The molecule has 1 heterocycles. The summed E-state index contributed by atoms with van der Waals surface area (Å²) in [6, 6.07) is 14.4. The molecule has 3 rings (SSSR count). The molecule has 0 radical (unpaired) electrons. The van der Waals surface area contributed by atoms with Crippen molar-refractivity contribution < 1.29 is 14.3 Å². The number of benzene rings is 2. The molecular weight excluding hydrogens is 328 g/mol. The van der Waals surface area contributed by atoms with E-state index < -0.39 is 0 Å². The summed E-state index contributed by atoms with van der Waals surface area (Å²) in [5, 5.41) is 3.40. The Morgan fingerprint density at radius 1 is 1.12 bits per heavy atom. The first-order valence-corrected chi connectivity index (χ1v) is 9.08. The maximum Gasteiger partial charge on any atom is 0.340 e. The molecule has 5 nitrogen and oxygen atoms in total. The van der Waals surface area contributed by atoms with Crippen LogP contribution in [0.3, 0.4) is 0 Å². The zero-order valence-corrected chi connectivity index (χ0v) is 15.5. The fourth-order valence-electron chi connectivity index (χ4n) is 3.10. The maximum atomic E-state index is 12.3. The molecule has 0 atom stereocenters. The van der Waals surface area contributed by atoms with E-state index in [2.05, 4.69) is 41.4 Å². The van der Waals surface area contributed by atoms with Gasteiger partial charge in [0.15, 0.2) is 0 Å². The van der Waals surface area contributed by atoms with Crippen molar-refractivity contribution in [1.82, 2.24) is 0 Å². The molecule has 0 saturated carbocycles. The molecule has 1 saturated heterocycles. The summed E-state index contributed by atoms with van der Waals surface area (Å²) < 4.78 is 10.4. The molecule has 1 N–H and O–H groups in total. The van der Waals surface area contributed by atoms with E-state index in [9.17, 15) is 4.79 Å². The Balaban J connectivity index is 1.75. The number of nitrogens with zero attached hydrogens (tertiary/aromatic N) is 1. The number of carbonyl (C=O) groups is 1. The number of aryl methyl sites for hydroxylation is 1. The highest BCUT2D eigenvalue weighted by Gasteiger charge is 2.19. The fourth-order valence-corrected chi connectivity index (χ4v) is 3.10. The number of hydrogen-bond acceptors (Lipinski definition) is 5. The molecule has 0 spiro atoms. The third-order valence-corrected chi connectivity index (χ3v) is 4.68. The molecular formula is C21H26N2O3. The predicted octanol–water partition coefficient (Wildman–Crippen LogP) is 3.48. The van der Waals surface area contributed by atoms with Crippen molar-refractivity contribution in [2.45, 2.75) is 19.9 Å². The van der Waals surface area contributed by atoms with Crippen molar-refractivity contribution in [2.75, 3.05) is 43.6 Å².